The Morgan fingerprint density at radius 2 is 2.43 bits per heavy atom. The van der Waals surface area contributed by atoms with Crippen molar-refractivity contribution in [2.45, 2.75) is 13.0 Å². The average Bonchev–Trinajstić information content (AvgIpc) is 1.65. The molecular weight excluding hydrogens is 101 g/mol. The minimum Gasteiger partial charge on any atom is -0.319 e. The molecule has 0 aromatic heterocycles. The van der Waals surface area contributed by atoms with Crippen molar-refractivity contribution in [2.75, 3.05) is 0 Å². The van der Waals surface area contributed by atoms with E-state index in [4.69, 9.17) is 5.73 Å². The van der Waals surface area contributed by atoms with Gasteiger partial charge in [-0.15, -0.1) is 0 Å². The van der Waals surface area contributed by atoms with Gasteiger partial charge in [0.25, 0.3) is 0 Å². The van der Waals surface area contributed by atoms with Crippen LogP contribution in [0.15, 0.2) is 0 Å². The molecule has 0 amide bonds. The highest BCUT2D eigenvalue weighted by molar-refractivity contribution is 5.74. The Morgan fingerprint density at radius 1 is 2.00 bits per heavy atom. The van der Waals surface area contributed by atoms with Gasteiger partial charge in [-0.05, 0) is 6.92 Å². The summed E-state index contributed by atoms with van der Waals surface area (Å²) in [5.41, 5.74) is 4.83. The van der Waals surface area contributed by atoms with Gasteiger partial charge in [-0.3, -0.25) is 4.94 Å². The third-order valence-corrected chi connectivity index (χ3v) is 0.448. The fraction of sp³-hybridized carbons (Fsp3) is 0.667. The minimum atomic E-state index is -1.04. The number of halogens is 1. The van der Waals surface area contributed by atoms with Crippen molar-refractivity contribution in [3.63, 3.8) is 0 Å². The molecule has 0 rings (SSSR count). The van der Waals surface area contributed by atoms with Crippen molar-refractivity contribution in [3.8, 4) is 0 Å². The summed E-state index contributed by atoms with van der Waals surface area (Å²) in [6.07, 6.45) is 0. The van der Waals surface area contributed by atoms with Crippen LogP contribution in [-0.2, 0) is 9.74 Å². The molecule has 3 nitrogen and oxygen atoms in total. The molecule has 0 heterocycles. The Bertz CT molecular complexity index is 73.3. The van der Waals surface area contributed by atoms with Crippen LogP contribution in [0.2, 0.25) is 0 Å². The maximum Gasteiger partial charge on any atom is 0.365 e. The van der Waals surface area contributed by atoms with Crippen molar-refractivity contribution in [1.82, 2.24) is 0 Å². The fourth-order valence-corrected chi connectivity index (χ4v) is 0.0703. The first kappa shape index (κ1) is 6.36. The van der Waals surface area contributed by atoms with Crippen LogP contribution in [0.25, 0.3) is 0 Å². The van der Waals surface area contributed by atoms with Crippen molar-refractivity contribution >= 4 is 5.97 Å². The predicted octanol–water partition coefficient (Wildman–Crippen LogP) is -0.239. The van der Waals surface area contributed by atoms with E-state index in [9.17, 15) is 9.32 Å². The third-order valence-electron chi connectivity index (χ3n) is 0.448. The van der Waals surface area contributed by atoms with Crippen molar-refractivity contribution < 1.29 is 14.3 Å². The predicted molar refractivity (Wildman–Crippen MR) is 20.8 cm³/mol. The lowest BCUT2D eigenvalue weighted by molar-refractivity contribution is -0.184. The summed E-state index contributed by atoms with van der Waals surface area (Å²) in [7, 11) is 0. The van der Waals surface area contributed by atoms with Crippen LogP contribution in [0.3, 0.4) is 0 Å². The van der Waals surface area contributed by atoms with Gasteiger partial charge in [-0.1, -0.05) is 0 Å². The zero-order chi connectivity index (χ0) is 5.86. The maximum absolute atomic E-state index is 10.7. The summed E-state index contributed by atoms with van der Waals surface area (Å²) in [5, 5.41) is 0. The molecule has 0 saturated heterocycles. The van der Waals surface area contributed by atoms with E-state index in [1.165, 1.54) is 6.92 Å². The third kappa shape index (κ3) is 2.11. The number of rotatable bonds is 1. The summed E-state index contributed by atoms with van der Waals surface area (Å²) < 4.78 is 10.7. The van der Waals surface area contributed by atoms with Gasteiger partial charge in [0.05, 0.1) is 0 Å². The van der Waals surface area contributed by atoms with E-state index in [1.807, 2.05) is 0 Å². The Kier molecular flexibility index (Phi) is 2.29. The van der Waals surface area contributed by atoms with Crippen LogP contribution in [0.1, 0.15) is 6.92 Å². The summed E-state index contributed by atoms with van der Waals surface area (Å²) in [5.74, 6) is -1.04. The van der Waals surface area contributed by atoms with E-state index in [-0.39, 0.29) is 0 Å². The monoisotopic (exact) mass is 107 g/mol. The molecule has 7 heavy (non-hydrogen) atoms. The number of hydrogen-bond acceptors (Lipinski definition) is 3. The lowest BCUT2D eigenvalue weighted by Crippen LogP contribution is -2.26. The molecule has 0 radical (unpaired) electrons. The van der Waals surface area contributed by atoms with Gasteiger partial charge in [-0.2, -0.15) is 0 Å². The van der Waals surface area contributed by atoms with Gasteiger partial charge in [-0.25, -0.2) is 4.79 Å². The molecule has 1 atom stereocenters. The Morgan fingerprint density at radius 3 is 2.43 bits per heavy atom. The first-order valence-electron chi connectivity index (χ1n) is 1.76. The molecule has 4 heteroatoms. The second-order valence-electron chi connectivity index (χ2n) is 1.18. The van der Waals surface area contributed by atoms with E-state index < -0.39 is 12.0 Å². The molecule has 0 aliphatic rings. The first-order valence-corrected chi connectivity index (χ1v) is 1.76. The van der Waals surface area contributed by atoms with Gasteiger partial charge in [0.2, 0.25) is 0 Å². The van der Waals surface area contributed by atoms with E-state index in [2.05, 4.69) is 4.94 Å². The van der Waals surface area contributed by atoms with E-state index in [1.54, 1.807) is 0 Å². The SMILES string of the molecule is CC(N)C(=O)OF. The van der Waals surface area contributed by atoms with Gasteiger partial charge in [0, 0.05) is 4.53 Å². The van der Waals surface area contributed by atoms with Crippen LogP contribution < -0.4 is 5.73 Å². The highest BCUT2D eigenvalue weighted by Crippen LogP contribution is 1.81. The highest BCUT2D eigenvalue weighted by Gasteiger charge is 2.07. The van der Waals surface area contributed by atoms with E-state index in [0.717, 1.165) is 0 Å². The molecule has 0 aromatic rings. The zero-order valence-electron chi connectivity index (χ0n) is 3.85. The lowest BCUT2D eigenvalue weighted by atomic mass is 10.4. The lowest BCUT2D eigenvalue weighted by Gasteiger charge is -1.93. The molecule has 0 saturated carbocycles. The second-order valence-corrected chi connectivity index (χ2v) is 1.18. The fourth-order valence-electron chi connectivity index (χ4n) is 0.0703. The minimum absolute atomic E-state index is 0.870. The quantitative estimate of drug-likeness (QED) is 0.503. The summed E-state index contributed by atoms with van der Waals surface area (Å²) in [6.45, 7) is 1.34. The van der Waals surface area contributed by atoms with E-state index in [0.29, 0.717) is 0 Å². The average molecular weight is 107 g/mol. The largest absolute Gasteiger partial charge is 0.365 e. The van der Waals surface area contributed by atoms with Crippen molar-refractivity contribution in [3.05, 3.63) is 0 Å². The number of carbonyl (C=O) groups is 1. The van der Waals surface area contributed by atoms with Crippen molar-refractivity contribution in [2.24, 2.45) is 5.73 Å². The second kappa shape index (κ2) is 2.52. The standard InChI is InChI=1S/C3H6FNO2/c1-2(5)3(6)7-4/h2H,5H2,1H3. The van der Waals surface area contributed by atoms with E-state index >= 15 is 0 Å². The molecule has 42 valence electrons. The first-order chi connectivity index (χ1) is 3.18. The smallest absolute Gasteiger partial charge is 0.319 e. The Balaban J connectivity index is 3.35. The van der Waals surface area contributed by atoms with Gasteiger partial charge >= 0.3 is 5.97 Å². The molecule has 0 aliphatic carbocycles. The number of hydrogen-bond donors (Lipinski definition) is 1. The molecule has 0 spiro atoms. The Labute approximate surface area is 40.2 Å². The zero-order valence-corrected chi connectivity index (χ0v) is 3.85. The van der Waals surface area contributed by atoms with Crippen LogP contribution >= 0.6 is 0 Å². The highest BCUT2D eigenvalue weighted by atomic mass is 19.3. The number of carbonyl (C=O) groups excluding carboxylic acids is 1. The van der Waals surface area contributed by atoms with Gasteiger partial charge in [0.1, 0.15) is 6.04 Å². The summed E-state index contributed by atoms with van der Waals surface area (Å²) >= 11 is 0. The molecule has 0 aliphatic heterocycles. The summed E-state index contributed by atoms with van der Waals surface area (Å²) in [4.78, 5) is 12.5. The van der Waals surface area contributed by atoms with Crippen LogP contribution in [-0.4, -0.2) is 12.0 Å². The molecular formula is C3H6FNO2. The maximum atomic E-state index is 10.7. The van der Waals surface area contributed by atoms with Gasteiger partial charge < -0.3 is 5.73 Å². The topological polar surface area (TPSA) is 52.3 Å². The van der Waals surface area contributed by atoms with Crippen LogP contribution in [0.5, 0.6) is 0 Å². The molecule has 1 unspecified atom stereocenters. The molecule has 0 fully saturated rings. The van der Waals surface area contributed by atoms with Gasteiger partial charge in [0.15, 0.2) is 0 Å². The molecule has 0 bridgehead atoms. The van der Waals surface area contributed by atoms with Crippen LogP contribution in [0.4, 0.5) is 4.53 Å². The number of nitrogens with two attached hydrogens (primary N) is 1. The normalized spacial score (nSPS) is 13.0. The molecule has 0 aromatic carbocycles. The molecule has 2 N–H and O–H groups in total. The van der Waals surface area contributed by atoms with Crippen molar-refractivity contribution in [1.29, 1.82) is 0 Å². The Hall–Kier alpha value is -0.640. The van der Waals surface area contributed by atoms with Crippen LogP contribution in [0, 0.1) is 0 Å². The summed E-state index contributed by atoms with van der Waals surface area (Å²) in [6, 6.07) is -0.870.